The summed E-state index contributed by atoms with van der Waals surface area (Å²) < 4.78 is 0. The molecule has 2 aliphatic rings. The summed E-state index contributed by atoms with van der Waals surface area (Å²) in [5.41, 5.74) is 13.6. The number of allylic oxidation sites excluding steroid dienone is 1. The molecule has 5 N–H and O–H groups in total. The minimum atomic E-state index is 0.452. The largest absolute Gasteiger partial charge is 0.396 e. The average molecular weight is 384 g/mol. The van der Waals surface area contributed by atoms with Gasteiger partial charge in [-0.1, -0.05) is 12.1 Å². The molecule has 3 aromatic rings. The zero-order valence-corrected chi connectivity index (χ0v) is 16.4. The molecule has 0 aliphatic carbocycles. The van der Waals surface area contributed by atoms with Crippen LogP contribution in [0.5, 0.6) is 0 Å². The van der Waals surface area contributed by atoms with Crippen molar-refractivity contribution >= 4 is 34.0 Å². The van der Waals surface area contributed by atoms with Crippen LogP contribution >= 0.6 is 0 Å². The zero-order chi connectivity index (χ0) is 20.0. The Kier molecular flexibility index (Phi) is 4.28. The van der Waals surface area contributed by atoms with Gasteiger partial charge in [0.15, 0.2) is 0 Å². The highest BCUT2D eigenvalue weighted by Gasteiger charge is 2.29. The van der Waals surface area contributed by atoms with Crippen molar-refractivity contribution in [2.24, 2.45) is 5.73 Å². The first-order chi connectivity index (χ1) is 14.1. The Bertz CT molecular complexity index is 1170. The molecule has 2 unspecified atom stereocenters. The number of benzene rings is 1. The minimum Gasteiger partial charge on any atom is -0.396 e. The lowest BCUT2D eigenvalue weighted by atomic mass is 9.90. The lowest BCUT2D eigenvalue weighted by Gasteiger charge is -2.22. The third-order valence-corrected chi connectivity index (χ3v) is 5.96. The number of hydrogen-bond donors (Lipinski definition) is 4. The topological polar surface area (TPSA) is 103 Å². The molecular weight excluding hydrogens is 360 g/mol. The number of fused-ring (bicyclic) bond motifs is 3. The van der Waals surface area contributed by atoms with Crippen LogP contribution in [0.2, 0.25) is 0 Å². The van der Waals surface area contributed by atoms with Gasteiger partial charge in [-0.25, -0.2) is 0 Å². The number of nitrogens with two attached hydrogens (primary N) is 1. The Morgan fingerprint density at radius 3 is 2.97 bits per heavy atom. The summed E-state index contributed by atoms with van der Waals surface area (Å²) in [6.07, 6.45) is 8.99. The van der Waals surface area contributed by atoms with Crippen molar-refractivity contribution in [2.75, 3.05) is 0 Å². The van der Waals surface area contributed by atoms with E-state index in [1.807, 2.05) is 37.4 Å². The highest BCUT2D eigenvalue weighted by molar-refractivity contribution is 6.18. The van der Waals surface area contributed by atoms with Gasteiger partial charge in [-0.3, -0.25) is 10.1 Å². The number of nitrogens with one attached hydrogen (secondary N) is 3. The fourth-order valence-corrected chi connectivity index (χ4v) is 4.54. The van der Waals surface area contributed by atoms with Crippen molar-refractivity contribution in [3.05, 3.63) is 65.1 Å². The molecule has 29 heavy (non-hydrogen) atoms. The first-order valence-electron chi connectivity index (χ1n) is 10.0. The Hall–Kier alpha value is -3.25. The summed E-state index contributed by atoms with van der Waals surface area (Å²) in [4.78, 5) is 4.53. The minimum absolute atomic E-state index is 0.452. The predicted molar refractivity (Wildman–Crippen MR) is 117 cm³/mol. The van der Waals surface area contributed by atoms with Crippen LogP contribution < -0.4 is 11.1 Å². The number of rotatable bonds is 4. The van der Waals surface area contributed by atoms with E-state index in [4.69, 9.17) is 11.1 Å². The van der Waals surface area contributed by atoms with Crippen molar-refractivity contribution in [1.29, 1.82) is 5.41 Å². The molecule has 5 rings (SSSR count). The maximum Gasteiger partial charge on any atom is 0.0869 e. The molecule has 146 valence electrons. The Balaban J connectivity index is 1.67. The monoisotopic (exact) mass is 384 g/mol. The molecule has 6 heteroatoms. The molecule has 1 saturated heterocycles. The molecule has 1 aromatic carbocycles. The van der Waals surface area contributed by atoms with Gasteiger partial charge in [0, 0.05) is 35.0 Å². The van der Waals surface area contributed by atoms with E-state index in [9.17, 15) is 0 Å². The van der Waals surface area contributed by atoms with Crippen LogP contribution in [0.1, 0.15) is 41.8 Å². The Labute approximate surface area is 169 Å². The van der Waals surface area contributed by atoms with Gasteiger partial charge in [-0.2, -0.15) is 5.10 Å². The number of aryl methyl sites for hydroxylation is 1. The number of aromatic nitrogens is 3. The molecule has 0 saturated carbocycles. The third-order valence-electron chi connectivity index (χ3n) is 5.96. The molecule has 4 heterocycles. The summed E-state index contributed by atoms with van der Waals surface area (Å²) >= 11 is 0. The first-order valence-corrected chi connectivity index (χ1v) is 10.0. The molecule has 2 bridgehead atoms. The second kappa shape index (κ2) is 6.97. The van der Waals surface area contributed by atoms with Crippen LogP contribution in [0.4, 0.5) is 0 Å². The highest BCUT2D eigenvalue weighted by atomic mass is 15.1. The van der Waals surface area contributed by atoms with Crippen LogP contribution in [0.3, 0.4) is 0 Å². The van der Waals surface area contributed by atoms with E-state index >= 15 is 0 Å². The van der Waals surface area contributed by atoms with Crippen LogP contribution in [0.25, 0.3) is 27.7 Å². The van der Waals surface area contributed by atoms with Gasteiger partial charge in [0.05, 0.1) is 23.1 Å². The van der Waals surface area contributed by atoms with Gasteiger partial charge >= 0.3 is 0 Å². The second-order valence-corrected chi connectivity index (χ2v) is 7.93. The van der Waals surface area contributed by atoms with Gasteiger partial charge in [-0.15, -0.1) is 0 Å². The van der Waals surface area contributed by atoms with Crippen molar-refractivity contribution in [3.63, 3.8) is 0 Å². The van der Waals surface area contributed by atoms with Gasteiger partial charge in [0.1, 0.15) is 0 Å². The molecule has 0 radical (unpaired) electrons. The van der Waals surface area contributed by atoms with Crippen LogP contribution in [0, 0.1) is 12.3 Å². The number of aromatic amines is 1. The van der Waals surface area contributed by atoms with Crippen molar-refractivity contribution in [1.82, 2.24) is 20.5 Å². The van der Waals surface area contributed by atoms with E-state index in [2.05, 4.69) is 32.6 Å². The summed E-state index contributed by atoms with van der Waals surface area (Å²) in [7, 11) is 0. The molecule has 0 spiro atoms. The Morgan fingerprint density at radius 2 is 2.17 bits per heavy atom. The summed E-state index contributed by atoms with van der Waals surface area (Å²) in [6, 6.07) is 10.9. The first kappa shape index (κ1) is 17.8. The lowest BCUT2D eigenvalue weighted by molar-refractivity contribution is 0.575. The van der Waals surface area contributed by atoms with Gasteiger partial charge < -0.3 is 16.5 Å². The summed E-state index contributed by atoms with van der Waals surface area (Å²) in [6.45, 7) is 1.94. The average Bonchev–Trinajstić information content (AvgIpc) is 3.33. The van der Waals surface area contributed by atoms with E-state index in [1.54, 1.807) is 0 Å². The fraction of sp³-hybridized carbons (Fsp3) is 0.261. The van der Waals surface area contributed by atoms with Crippen molar-refractivity contribution in [2.45, 2.75) is 38.3 Å². The van der Waals surface area contributed by atoms with Crippen LogP contribution in [-0.4, -0.2) is 33.5 Å². The van der Waals surface area contributed by atoms with Gasteiger partial charge in [0.2, 0.25) is 0 Å². The van der Waals surface area contributed by atoms with Gasteiger partial charge in [-0.05, 0) is 67.2 Å². The lowest BCUT2D eigenvalue weighted by Crippen LogP contribution is -2.31. The molecule has 1 fully saturated rings. The molecular formula is C23H24N6. The fourth-order valence-electron chi connectivity index (χ4n) is 4.54. The third kappa shape index (κ3) is 3.15. The number of pyridine rings is 1. The molecule has 2 atom stereocenters. The summed E-state index contributed by atoms with van der Waals surface area (Å²) in [5.74, 6) is 0. The number of nitrogens with zero attached hydrogens (tertiary/aromatic N) is 2. The zero-order valence-electron chi connectivity index (χ0n) is 16.4. The molecule has 0 amide bonds. The highest BCUT2D eigenvalue weighted by Crippen LogP contribution is 2.36. The number of H-pyrrole nitrogens is 1. The second-order valence-electron chi connectivity index (χ2n) is 7.93. The standard InChI is InChI=1S/C23H24N6/c1-13-3-2-4-21(27-13)23(25)19(11-24)15-9-18(20-12-26-29-22(20)10-15)14-7-16-5-6-17(8-14)28-16/h2-4,7,9-12,16-17,24,28H,5-6,8,25H2,1H3,(H,26,29)/b23-19+,24-11?. The van der Waals surface area contributed by atoms with E-state index in [1.165, 1.54) is 30.2 Å². The van der Waals surface area contributed by atoms with E-state index in [0.717, 1.165) is 28.6 Å². The maximum absolute atomic E-state index is 8.05. The Morgan fingerprint density at radius 1 is 1.28 bits per heavy atom. The molecule has 2 aliphatic heterocycles. The predicted octanol–water partition coefficient (Wildman–Crippen LogP) is 3.65. The van der Waals surface area contributed by atoms with Gasteiger partial charge in [0.25, 0.3) is 0 Å². The van der Waals surface area contributed by atoms with E-state index < -0.39 is 0 Å². The normalized spacial score (nSPS) is 21.8. The van der Waals surface area contributed by atoms with Crippen LogP contribution in [0.15, 0.2) is 42.6 Å². The van der Waals surface area contributed by atoms with E-state index in [-0.39, 0.29) is 0 Å². The maximum atomic E-state index is 8.05. The number of hydrogen-bond acceptors (Lipinski definition) is 5. The van der Waals surface area contributed by atoms with Crippen molar-refractivity contribution in [3.8, 4) is 0 Å². The van der Waals surface area contributed by atoms with Crippen LogP contribution in [-0.2, 0) is 0 Å². The quantitative estimate of drug-likeness (QED) is 0.516. The van der Waals surface area contributed by atoms with E-state index in [0.29, 0.717) is 29.0 Å². The van der Waals surface area contributed by atoms with Crippen molar-refractivity contribution < 1.29 is 0 Å². The molecule has 2 aromatic heterocycles. The molecule has 6 nitrogen and oxygen atoms in total. The SMILES string of the molecule is Cc1cccc(/C(N)=C(/C=N)c2cc(C3=CC4CCC(C3)N4)c3cn[nH]c3c2)n1. The smallest absolute Gasteiger partial charge is 0.0869 e. The summed E-state index contributed by atoms with van der Waals surface area (Å²) in [5, 5.41) is 20.2.